The third-order valence-corrected chi connectivity index (χ3v) is 3.74. The smallest absolute Gasteiger partial charge is 0.0950 e. The second kappa shape index (κ2) is 5.54. The lowest BCUT2D eigenvalue weighted by Gasteiger charge is -2.35. The van der Waals surface area contributed by atoms with E-state index >= 15 is 0 Å². The highest BCUT2D eigenvalue weighted by atomic mass is 16.3. The average molecular weight is 233 g/mol. The van der Waals surface area contributed by atoms with Crippen LogP contribution in [0.1, 0.15) is 51.6 Å². The molecule has 2 nitrogen and oxygen atoms in total. The molecule has 94 valence electrons. The van der Waals surface area contributed by atoms with Gasteiger partial charge in [-0.05, 0) is 45.1 Å². The molecule has 0 bridgehead atoms. The molecule has 1 saturated heterocycles. The maximum Gasteiger partial charge on any atom is 0.0950 e. The molecule has 3 atom stereocenters. The highest BCUT2D eigenvalue weighted by Gasteiger charge is 2.27. The van der Waals surface area contributed by atoms with Gasteiger partial charge in [-0.15, -0.1) is 0 Å². The summed E-state index contributed by atoms with van der Waals surface area (Å²) in [5.74, 6) is 0.758. The molecular weight excluding hydrogens is 210 g/mol. The lowest BCUT2D eigenvalue weighted by molar-refractivity contribution is 0.246. The minimum absolute atomic E-state index is 0.473. The van der Waals surface area contributed by atoms with Crippen LogP contribution in [0.15, 0.2) is 34.7 Å². The van der Waals surface area contributed by atoms with Crippen molar-refractivity contribution in [3.05, 3.63) is 35.8 Å². The zero-order valence-electron chi connectivity index (χ0n) is 11.1. The first-order valence-electron chi connectivity index (χ1n) is 6.58. The van der Waals surface area contributed by atoms with Crippen LogP contribution in [0.25, 0.3) is 0 Å². The molecule has 1 aliphatic rings. The fourth-order valence-electron chi connectivity index (χ4n) is 2.54. The SMILES string of the molecule is CC(C)=CC[C@@H]1N[C@H](c2ccoc2)CC[C@H]1C. The molecule has 2 heterocycles. The fraction of sp³-hybridized carbons (Fsp3) is 0.600. The van der Waals surface area contributed by atoms with Gasteiger partial charge in [0.05, 0.1) is 12.5 Å². The third-order valence-electron chi connectivity index (χ3n) is 3.74. The van der Waals surface area contributed by atoms with Gasteiger partial charge in [0, 0.05) is 17.6 Å². The molecule has 0 spiro atoms. The van der Waals surface area contributed by atoms with Crippen molar-refractivity contribution >= 4 is 0 Å². The summed E-state index contributed by atoms with van der Waals surface area (Å²) in [5.41, 5.74) is 2.70. The Kier molecular flexibility index (Phi) is 4.06. The van der Waals surface area contributed by atoms with Gasteiger partial charge >= 0.3 is 0 Å². The molecule has 1 fully saturated rings. The van der Waals surface area contributed by atoms with Crippen LogP contribution in [-0.2, 0) is 0 Å². The van der Waals surface area contributed by atoms with Gasteiger partial charge in [-0.3, -0.25) is 0 Å². The maximum absolute atomic E-state index is 5.18. The molecule has 0 radical (unpaired) electrons. The predicted octanol–water partition coefficient (Wildman–Crippen LogP) is 4.07. The molecule has 1 N–H and O–H groups in total. The Morgan fingerprint density at radius 2 is 2.29 bits per heavy atom. The van der Waals surface area contributed by atoms with Crippen LogP contribution >= 0.6 is 0 Å². The molecule has 0 amide bonds. The number of rotatable bonds is 3. The number of piperidine rings is 1. The molecule has 1 aliphatic heterocycles. The minimum atomic E-state index is 0.473. The second-order valence-corrected chi connectivity index (χ2v) is 5.45. The average Bonchev–Trinajstić information content (AvgIpc) is 2.81. The summed E-state index contributed by atoms with van der Waals surface area (Å²) in [4.78, 5) is 0. The van der Waals surface area contributed by atoms with E-state index in [9.17, 15) is 0 Å². The van der Waals surface area contributed by atoms with Gasteiger partial charge in [0.25, 0.3) is 0 Å². The Morgan fingerprint density at radius 3 is 2.94 bits per heavy atom. The molecular formula is C15H23NO. The first-order chi connectivity index (χ1) is 8.16. The van der Waals surface area contributed by atoms with Crippen molar-refractivity contribution in [2.75, 3.05) is 0 Å². The monoisotopic (exact) mass is 233 g/mol. The standard InChI is InChI=1S/C15H23NO/c1-11(2)4-6-14-12(3)5-7-15(16-14)13-8-9-17-10-13/h4,8-10,12,14-16H,5-7H2,1-3H3/t12-,14+,15+/m1/s1. The molecule has 0 aliphatic carbocycles. The van der Waals surface area contributed by atoms with Crippen molar-refractivity contribution in [2.24, 2.45) is 5.92 Å². The maximum atomic E-state index is 5.18. The van der Waals surface area contributed by atoms with E-state index in [2.05, 4.69) is 38.2 Å². The van der Waals surface area contributed by atoms with E-state index in [0.717, 1.165) is 12.3 Å². The van der Waals surface area contributed by atoms with Crippen molar-refractivity contribution in [3.63, 3.8) is 0 Å². The van der Waals surface area contributed by atoms with Gasteiger partial charge in [-0.2, -0.15) is 0 Å². The van der Waals surface area contributed by atoms with E-state index in [1.807, 2.05) is 6.26 Å². The Morgan fingerprint density at radius 1 is 1.47 bits per heavy atom. The van der Waals surface area contributed by atoms with E-state index < -0.39 is 0 Å². The van der Waals surface area contributed by atoms with Crippen LogP contribution < -0.4 is 5.32 Å². The quantitative estimate of drug-likeness (QED) is 0.796. The van der Waals surface area contributed by atoms with Crippen molar-refractivity contribution in [1.29, 1.82) is 0 Å². The topological polar surface area (TPSA) is 25.2 Å². The lowest BCUT2D eigenvalue weighted by atomic mass is 9.85. The third kappa shape index (κ3) is 3.22. The molecule has 17 heavy (non-hydrogen) atoms. The van der Waals surface area contributed by atoms with Gasteiger partial charge in [-0.1, -0.05) is 18.6 Å². The van der Waals surface area contributed by atoms with Gasteiger partial charge in [-0.25, -0.2) is 0 Å². The van der Waals surface area contributed by atoms with Crippen LogP contribution in [-0.4, -0.2) is 6.04 Å². The Hall–Kier alpha value is -1.02. The Bertz CT molecular complexity index is 362. The van der Waals surface area contributed by atoms with E-state index in [1.165, 1.54) is 24.0 Å². The van der Waals surface area contributed by atoms with Crippen molar-refractivity contribution in [1.82, 2.24) is 5.32 Å². The molecule has 2 heteroatoms. The Labute approximate surface area is 104 Å². The van der Waals surface area contributed by atoms with Crippen LogP contribution in [0, 0.1) is 5.92 Å². The summed E-state index contributed by atoms with van der Waals surface area (Å²) in [7, 11) is 0. The number of nitrogens with one attached hydrogen (secondary N) is 1. The summed E-state index contributed by atoms with van der Waals surface area (Å²) in [5, 5.41) is 3.76. The van der Waals surface area contributed by atoms with E-state index in [4.69, 9.17) is 4.42 Å². The predicted molar refractivity (Wildman–Crippen MR) is 70.8 cm³/mol. The Balaban J connectivity index is 1.99. The van der Waals surface area contributed by atoms with Gasteiger partial charge in [0.15, 0.2) is 0 Å². The zero-order valence-corrected chi connectivity index (χ0v) is 11.1. The first-order valence-corrected chi connectivity index (χ1v) is 6.58. The van der Waals surface area contributed by atoms with Crippen LogP contribution in [0.5, 0.6) is 0 Å². The van der Waals surface area contributed by atoms with Gasteiger partial charge < -0.3 is 9.73 Å². The summed E-state index contributed by atoms with van der Waals surface area (Å²) in [6.07, 6.45) is 9.62. The van der Waals surface area contributed by atoms with Crippen LogP contribution in [0.4, 0.5) is 0 Å². The minimum Gasteiger partial charge on any atom is -0.472 e. The first kappa shape index (κ1) is 12.4. The number of allylic oxidation sites excluding steroid dienone is 1. The summed E-state index contributed by atoms with van der Waals surface area (Å²) < 4.78 is 5.18. The van der Waals surface area contributed by atoms with Gasteiger partial charge in [0.2, 0.25) is 0 Å². The molecule has 2 rings (SSSR count). The molecule has 0 unspecified atom stereocenters. The van der Waals surface area contributed by atoms with Crippen molar-refractivity contribution in [2.45, 2.75) is 52.1 Å². The fourth-order valence-corrected chi connectivity index (χ4v) is 2.54. The highest BCUT2D eigenvalue weighted by molar-refractivity contribution is 5.13. The molecule has 0 aromatic carbocycles. The highest BCUT2D eigenvalue weighted by Crippen LogP contribution is 2.30. The van der Waals surface area contributed by atoms with E-state index in [0.29, 0.717) is 12.1 Å². The second-order valence-electron chi connectivity index (χ2n) is 5.45. The largest absolute Gasteiger partial charge is 0.472 e. The van der Waals surface area contributed by atoms with Crippen molar-refractivity contribution < 1.29 is 4.42 Å². The molecule has 1 aromatic rings. The summed E-state index contributed by atoms with van der Waals surface area (Å²) in [6.45, 7) is 6.68. The summed E-state index contributed by atoms with van der Waals surface area (Å²) >= 11 is 0. The van der Waals surface area contributed by atoms with Crippen LogP contribution in [0.2, 0.25) is 0 Å². The summed E-state index contributed by atoms with van der Waals surface area (Å²) in [6, 6.07) is 3.14. The van der Waals surface area contributed by atoms with E-state index in [-0.39, 0.29) is 0 Å². The van der Waals surface area contributed by atoms with Crippen LogP contribution in [0.3, 0.4) is 0 Å². The normalized spacial score (nSPS) is 29.0. The molecule has 1 aromatic heterocycles. The number of hydrogen-bond acceptors (Lipinski definition) is 2. The number of hydrogen-bond donors (Lipinski definition) is 1. The molecule has 0 saturated carbocycles. The zero-order chi connectivity index (χ0) is 12.3. The number of furan rings is 1. The lowest BCUT2D eigenvalue weighted by Crippen LogP contribution is -2.41. The van der Waals surface area contributed by atoms with Crippen molar-refractivity contribution in [3.8, 4) is 0 Å². The van der Waals surface area contributed by atoms with E-state index in [1.54, 1.807) is 6.26 Å². The van der Waals surface area contributed by atoms with Gasteiger partial charge in [0.1, 0.15) is 0 Å².